The maximum absolute atomic E-state index is 11.2. The Hall–Kier alpha value is -1.31. The van der Waals surface area contributed by atoms with Crippen molar-refractivity contribution in [2.75, 3.05) is 30.8 Å². The summed E-state index contributed by atoms with van der Waals surface area (Å²) in [7, 11) is -3.76. The number of ether oxygens (including phenoxy) is 1. The summed E-state index contributed by atoms with van der Waals surface area (Å²) >= 11 is 0. The summed E-state index contributed by atoms with van der Waals surface area (Å²) in [6, 6.07) is 4.61. The van der Waals surface area contributed by atoms with Crippen molar-refractivity contribution < 1.29 is 13.2 Å². The van der Waals surface area contributed by atoms with E-state index in [0.717, 1.165) is 25.3 Å². The Morgan fingerprint density at radius 1 is 1.35 bits per heavy atom. The van der Waals surface area contributed by atoms with Crippen LogP contribution in [0.5, 0.6) is 0 Å². The minimum atomic E-state index is -3.76. The van der Waals surface area contributed by atoms with E-state index in [4.69, 9.17) is 15.6 Å². The van der Waals surface area contributed by atoms with Gasteiger partial charge in [-0.25, -0.2) is 13.6 Å². The summed E-state index contributed by atoms with van der Waals surface area (Å²) in [4.78, 5) is -0.0525. The van der Waals surface area contributed by atoms with E-state index >= 15 is 0 Å². The molecule has 0 fully saturated rings. The average molecular weight is 301 g/mol. The molecule has 0 radical (unpaired) electrons. The van der Waals surface area contributed by atoms with Gasteiger partial charge in [0.15, 0.2) is 0 Å². The summed E-state index contributed by atoms with van der Waals surface area (Å²) < 4.78 is 27.9. The number of rotatable bonds is 8. The number of nitrogens with two attached hydrogens (primary N) is 2. The normalized spacial score (nSPS) is 11.8. The van der Waals surface area contributed by atoms with E-state index in [1.54, 1.807) is 12.1 Å². The highest BCUT2D eigenvalue weighted by atomic mass is 32.2. The first-order chi connectivity index (χ1) is 9.30. The van der Waals surface area contributed by atoms with Crippen LogP contribution in [0.4, 0.5) is 11.4 Å². The SMILES string of the molecule is CC(C)COCCCNc1ccc(S(N)(=O)=O)c(N)c1. The van der Waals surface area contributed by atoms with Crippen LogP contribution in [-0.4, -0.2) is 28.2 Å². The van der Waals surface area contributed by atoms with Crippen LogP contribution >= 0.6 is 0 Å². The van der Waals surface area contributed by atoms with E-state index in [0.29, 0.717) is 12.5 Å². The molecule has 0 spiro atoms. The highest BCUT2D eigenvalue weighted by Gasteiger charge is 2.11. The number of primary sulfonamides is 1. The molecular weight excluding hydrogens is 278 g/mol. The number of nitrogens with one attached hydrogen (secondary N) is 1. The fraction of sp³-hybridized carbons (Fsp3) is 0.538. The second-order valence-electron chi connectivity index (χ2n) is 5.05. The van der Waals surface area contributed by atoms with Crippen molar-refractivity contribution in [1.82, 2.24) is 0 Å². The zero-order valence-corrected chi connectivity index (χ0v) is 12.7. The molecule has 6 nitrogen and oxygen atoms in total. The molecule has 20 heavy (non-hydrogen) atoms. The van der Waals surface area contributed by atoms with E-state index in [-0.39, 0.29) is 10.6 Å². The molecule has 114 valence electrons. The zero-order chi connectivity index (χ0) is 15.2. The number of sulfonamides is 1. The molecule has 0 amide bonds. The van der Waals surface area contributed by atoms with Crippen molar-refractivity contribution in [2.45, 2.75) is 25.2 Å². The van der Waals surface area contributed by atoms with Crippen LogP contribution in [0, 0.1) is 5.92 Å². The van der Waals surface area contributed by atoms with Gasteiger partial charge in [0.25, 0.3) is 0 Å². The molecule has 0 heterocycles. The Morgan fingerprint density at radius 3 is 2.60 bits per heavy atom. The van der Waals surface area contributed by atoms with Crippen LogP contribution in [0.2, 0.25) is 0 Å². The van der Waals surface area contributed by atoms with Gasteiger partial charge in [0.05, 0.1) is 5.69 Å². The summed E-state index contributed by atoms with van der Waals surface area (Å²) in [6.45, 7) is 6.39. The van der Waals surface area contributed by atoms with Gasteiger partial charge in [-0.2, -0.15) is 0 Å². The van der Waals surface area contributed by atoms with Crippen molar-refractivity contribution >= 4 is 21.4 Å². The van der Waals surface area contributed by atoms with Crippen LogP contribution in [-0.2, 0) is 14.8 Å². The first-order valence-electron chi connectivity index (χ1n) is 6.54. The van der Waals surface area contributed by atoms with Crippen molar-refractivity contribution in [3.8, 4) is 0 Å². The Balaban J connectivity index is 2.41. The van der Waals surface area contributed by atoms with Gasteiger partial charge in [0.1, 0.15) is 4.90 Å². The summed E-state index contributed by atoms with van der Waals surface area (Å²) in [5.74, 6) is 0.536. The molecule has 0 bridgehead atoms. The molecule has 1 aromatic rings. The Labute approximate surface area is 120 Å². The molecule has 0 aliphatic heterocycles. The Morgan fingerprint density at radius 2 is 2.05 bits per heavy atom. The van der Waals surface area contributed by atoms with Crippen LogP contribution in [0.15, 0.2) is 23.1 Å². The first kappa shape index (κ1) is 16.7. The lowest BCUT2D eigenvalue weighted by atomic mass is 10.2. The zero-order valence-electron chi connectivity index (χ0n) is 11.9. The van der Waals surface area contributed by atoms with Gasteiger partial charge in [0.2, 0.25) is 10.0 Å². The van der Waals surface area contributed by atoms with Gasteiger partial charge in [-0.3, -0.25) is 0 Å². The van der Waals surface area contributed by atoms with E-state index in [2.05, 4.69) is 19.2 Å². The predicted octanol–water partition coefficient (Wildman–Crippen LogP) is 1.39. The second kappa shape index (κ2) is 7.47. The lowest BCUT2D eigenvalue weighted by molar-refractivity contribution is 0.110. The van der Waals surface area contributed by atoms with Gasteiger partial charge in [0, 0.05) is 25.4 Å². The number of anilines is 2. The minimum Gasteiger partial charge on any atom is -0.398 e. The Bertz CT molecular complexity index is 530. The molecule has 1 rings (SSSR count). The number of nitrogen functional groups attached to an aromatic ring is 1. The van der Waals surface area contributed by atoms with Crippen molar-refractivity contribution in [3.63, 3.8) is 0 Å². The van der Waals surface area contributed by atoms with Gasteiger partial charge in [-0.05, 0) is 30.5 Å². The highest BCUT2D eigenvalue weighted by Crippen LogP contribution is 2.21. The third-order valence-corrected chi connectivity index (χ3v) is 3.55. The molecular formula is C13H23N3O3S. The quantitative estimate of drug-likeness (QED) is 0.497. The van der Waals surface area contributed by atoms with Crippen LogP contribution < -0.4 is 16.2 Å². The fourth-order valence-corrected chi connectivity index (χ4v) is 2.29. The maximum Gasteiger partial charge on any atom is 0.240 e. The summed E-state index contributed by atoms with van der Waals surface area (Å²) in [5, 5.41) is 8.20. The van der Waals surface area contributed by atoms with Crippen LogP contribution in [0.3, 0.4) is 0 Å². The molecule has 1 aromatic carbocycles. The summed E-state index contributed by atoms with van der Waals surface area (Å²) in [6.07, 6.45) is 0.865. The van der Waals surface area contributed by atoms with Gasteiger partial charge in [-0.15, -0.1) is 0 Å². The smallest absolute Gasteiger partial charge is 0.240 e. The second-order valence-corrected chi connectivity index (χ2v) is 6.58. The van der Waals surface area contributed by atoms with E-state index < -0.39 is 10.0 Å². The number of hydrogen-bond acceptors (Lipinski definition) is 5. The van der Waals surface area contributed by atoms with Gasteiger partial charge in [-0.1, -0.05) is 13.8 Å². The monoisotopic (exact) mass is 301 g/mol. The topological polar surface area (TPSA) is 107 Å². The molecule has 0 saturated carbocycles. The standard InChI is InChI=1S/C13H23N3O3S/c1-10(2)9-19-7-3-6-16-11-4-5-13(12(14)8-11)20(15,17)18/h4-5,8,10,16H,3,6-7,9,14H2,1-2H3,(H2,15,17,18). The predicted molar refractivity (Wildman–Crippen MR) is 81.0 cm³/mol. The largest absolute Gasteiger partial charge is 0.398 e. The van der Waals surface area contributed by atoms with Gasteiger partial charge < -0.3 is 15.8 Å². The van der Waals surface area contributed by atoms with Crippen molar-refractivity contribution in [3.05, 3.63) is 18.2 Å². The lowest BCUT2D eigenvalue weighted by Gasteiger charge is -2.10. The molecule has 0 unspecified atom stereocenters. The third-order valence-electron chi connectivity index (χ3n) is 2.56. The molecule has 0 saturated heterocycles. The van der Waals surface area contributed by atoms with E-state index in [1.165, 1.54) is 6.07 Å². The van der Waals surface area contributed by atoms with Gasteiger partial charge >= 0.3 is 0 Å². The van der Waals surface area contributed by atoms with Crippen LogP contribution in [0.25, 0.3) is 0 Å². The average Bonchev–Trinajstić information content (AvgIpc) is 2.31. The number of hydrogen-bond donors (Lipinski definition) is 3. The van der Waals surface area contributed by atoms with Crippen molar-refractivity contribution in [1.29, 1.82) is 0 Å². The minimum absolute atomic E-state index is 0.0525. The van der Waals surface area contributed by atoms with Crippen molar-refractivity contribution in [2.24, 2.45) is 11.1 Å². The molecule has 5 N–H and O–H groups in total. The lowest BCUT2D eigenvalue weighted by Crippen LogP contribution is -2.14. The number of benzene rings is 1. The molecule has 7 heteroatoms. The molecule has 0 aliphatic carbocycles. The maximum atomic E-state index is 11.2. The first-order valence-corrected chi connectivity index (χ1v) is 8.09. The van der Waals surface area contributed by atoms with Crippen LogP contribution in [0.1, 0.15) is 20.3 Å². The highest BCUT2D eigenvalue weighted by molar-refractivity contribution is 7.89. The summed E-state index contributed by atoms with van der Waals surface area (Å²) in [5.41, 5.74) is 6.58. The Kier molecular flexibility index (Phi) is 6.25. The molecule has 0 aliphatic rings. The molecule has 0 atom stereocenters. The third kappa shape index (κ3) is 5.77. The van der Waals surface area contributed by atoms with E-state index in [9.17, 15) is 8.42 Å². The molecule has 0 aromatic heterocycles. The fourth-order valence-electron chi connectivity index (χ4n) is 1.64. The van der Waals surface area contributed by atoms with E-state index in [1.807, 2.05) is 0 Å².